The van der Waals surface area contributed by atoms with Crippen LogP contribution in [0.1, 0.15) is 36.2 Å². The van der Waals surface area contributed by atoms with Gasteiger partial charge in [-0.15, -0.1) is 11.3 Å². The zero-order valence-corrected chi connectivity index (χ0v) is 13.6. The predicted molar refractivity (Wildman–Crippen MR) is 84.9 cm³/mol. The average molecular weight is 315 g/mol. The minimum Gasteiger partial charge on any atom is -0.374 e. The molecule has 0 bridgehead atoms. The van der Waals surface area contributed by atoms with Gasteiger partial charge >= 0.3 is 0 Å². The lowest BCUT2D eigenvalue weighted by atomic mass is 9.94. The van der Waals surface area contributed by atoms with Gasteiger partial charge in [0, 0.05) is 30.6 Å². The molecular formula is C15H23ClN2OS. The first-order valence-electron chi connectivity index (χ1n) is 7.61. The number of thiophene rings is 1. The maximum absolute atomic E-state index is 6.16. The maximum atomic E-state index is 6.16. The molecule has 1 aliphatic heterocycles. The fourth-order valence-corrected chi connectivity index (χ4v) is 4.58. The lowest BCUT2D eigenvalue weighted by Gasteiger charge is -2.33. The molecule has 2 atom stereocenters. The Morgan fingerprint density at radius 2 is 2.45 bits per heavy atom. The Kier molecular flexibility index (Phi) is 5.00. The van der Waals surface area contributed by atoms with Gasteiger partial charge in [-0.3, -0.25) is 4.90 Å². The lowest BCUT2D eigenvalue weighted by Crippen LogP contribution is -2.47. The Bertz CT molecular complexity index is 451. The number of fused-ring (bicyclic) bond motifs is 1. The summed E-state index contributed by atoms with van der Waals surface area (Å²) in [5.74, 6) is 0. The smallest absolute Gasteiger partial charge is 0.0934 e. The molecule has 0 spiro atoms. The van der Waals surface area contributed by atoms with E-state index in [9.17, 15) is 0 Å². The molecule has 0 radical (unpaired) electrons. The molecule has 0 saturated carbocycles. The van der Waals surface area contributed by atoms with E-state index < -0.39 is 0 Å². The third-order valence-electron chi connectivity index (χ3n) is 4.35. The summed E-state index contributed by atoms with van der Waals surface area (Å²) in [4.78, 5) is 3.93. The number of halogens is 1. The Balaban J connectivity index is 1.56. The summed E-state index contributed by atoms with van der Waals surface area (Å²) in [7, 11) is 0. The van der Waals surface area contributed by atoms with E-state index in [0.717, 1.165) is 37.1 Å². The van der Waals surface area contributed by atoms with Crippen molar-refractivity contribution in [2.24, 2.45) is 0 Å². The molecule has 20 heavy (non-hydrogen) atoms. The number of morpholine rings is 1. The molecular weight excluding hydrogens is 292 g/mol. The Morgan fingerprint density at radius 3 is 3.30 bits per heavy atom. The molecule has 0 aromatic carbocycles. The first kappa shape index (κ1) is 14.8. The molecule has 112 valence electrons. The topological polar surface area (TPSA) is 24.5 Å². The summed E-state index contributed by atoms with van der Waals surface area (Å²) >= 11 is 7.91. The second-order valence-electron chi connectivity index (χ2n) is 5.67. The van der Waals surface area contributed by atoms with Crippen molar-refractivity contribution in [1.29, 1.82) is 0 Å². The Hall–Kier alpha value is -0.130. The van der Waals surface area contributed by atoms with E-state index in [-0.39, 0.29) is 0 Å². The van der Waals surface area contributed by atoms with Gasteiger partial charge in [-0.2, -0.15) is 0 Å². The number of aryl methyl sites for hydroxylation is 1. The van der Waals surface area contributed by atoms with Crippen molar-refractivity contribution in [2.45, 2.75) is 38.3 Å². The van der Waals surface area contributed by atoms with Crippen LogP contribution in [0.2, 0.25) is 4.34 Å². The van der Waals surface area contributed by atoms with Crippen molar-refractivity contribution in [2.75, 3.05) is 32.8 Å². The number of hydrogen-bond acceptors (Lipinski definition) is 4. The van der Waals surface area contributed by atoms with Gasteiger partial charge < -0.3 is 10.1 Å². The SMILES string of the molecule is CCN1CCOC(CNC2CCCc3sc(Cl)cc32)C1. The van der Waals surface area contributed by atoms with Crippen LogP contribution in [-0.2, 0) is 11.2 Å². The van der Waals surface area contributed by atoms with Gasteiger partial charge in [0.05, 0.1) is 17.0 Å². The molecule has 0 amide bonds. The Morgan fingerprint density at radius 1 is 1.55 bits per heavy atom. The number of nitrogens with zero attached hydrogens (tertiary/aromatic N) is 1. The molecule has 3 nitrogen and oxygen atoms in total. The summed E-state index contributed by atoms with van der Waals surface area (Å²) in [5, 5.41) is 3.70. The van der Waals surface area contributed by atoms with Gasteiger partial charge in [-0.25, -0.2) is 0 Å². The summed E-state index contributed by atoms with van der Waals surface area (Å²) < 4.78 is 6.79. The molecule has 1 aromatic heterocycles. The quantitative estimate of drug-likeness (QED) is 0.924. The second-order valence-corrected chi connectivity index (χ2v) is 7.44. The number of likely N-dealkylation sites (N-methyl/N-ethyl adjacent to an activating group) is 1. The number of rotatable bonds is 4. The van der Waals surface area contributed by atoms with Crippen molar-refractivity contribution in [1.82, 2.24) is 10.2 Å². The number of nitrogens with one attached hydrogen (secondary N) is 1. The monoisotopic (exact) mass is 314 g/mol. The average Bonchev–Trinajstić information content (AvgIpc) is 2.86. The van der Waals surface area contributed by atoms with E-state index >= 15 is 0 Å². The zero-order chi connectivity index (χ0) is 13.9. The fourth-order valence-electron chi connectivity index (χ4n) is 3.20. The van der Waals surface area contributed by atoms with Crippen molar-refractivity contribution in [3.63, 3.8) is 0 Å². The van der Waals surface area contributed by atoms with Gasteiger partial charge in [0.25, 0.3) is 0 Å². The number of hydrogen-bond donors (Lipinski definition) is 1. The van der Waals surface area contributed by atoms with Gasteiger partial charge in [0.2, 0.25) is 0 Å². The normalized spacial score (nSPS) is 27.5. The van der Waals surface area contributed by atoms with E-state index in [1.54, 1.807) is 11.3 Å². The van der Waals surface area contributed by atoms with Gasteiger partial charge in [0.15, 0.2) is 0 Å². The van der Waals surface area contributed by atoms with Crippen LogP contribution in [0.3, 0.4) is 0 Å². The molecule has 1 saturated heterocycles. The van der Waals surface area contributed by atoms with Crippen LogP contribution in [0, 0.1) is 0 Å². The molecule has 2 aliphatic rings. The maximum Gasteiger partial charge on any atom is 0.0934 e. The van der Waals surface area contributed by atoms with Crippen molar-refractivity contribution >= 4 is 22.9 Å². The molecule has 3 rings (SSSR count). The zero-order valence-electron chi connectivity index (χ0n) is 12.0. The molecule has 2 heterocycles. The predicted octanol–water partition coefficient (Wildman–Crippen LogP) is 3.09. The van der Waals surface area contributed by atoms with E-state index in [1.165, 1.54) is 29.7 Å². The van der Waals surface area contributed by atoms with Crippen LogP contribution in [0.4, 0.5) is 0 Å². The third kappa shape index (κ3) is 3.37. The Labute approximate surface area is 130 Å². The highest BCUT2D eigenvalue weighted by molar-refractivity contribution is 7.16. The first-order valence-corrected chi connectivity index (χ1v) is 8.81. The highest BCUT2D eigenvalue weighted by atomic mass is 35.5. The van der Waals surface area contributed by atoms with Crippen molar-refractivity contribution < 1.29 is 4.74 Å². The van der Waals surface area contributed by atoms with Crippen molar-refractivity contribution in [3.05, 3.63) is 20.8 Å². The van der Waals surface area contributed by atoms with Crippen LogP contribution in [0.25, 0.3) is 0 Å². The van der Waals surface area contributed by atoms with Gasteiger partial charge in [-0.05, 0) is 37.4 Å². The largest absolute Gasteiger partial charge is 0.374 e. The minimum absolute atomic E-state index is 0.322. The van der Waals surface area contributed by atoms with Crippen molar-refractivity contribution in [3.8, 4) is 0 Å². The van der Waals surface area contributed by atoms with E-state index in [4.69, 9.17) is 16.3 Å². The van der Waals surface area contributed by atoms with E-state index in [2.05, 4.69) is 23.2 Å². The van der Waals surface area contributed by atoms with Crippen LogP contribution < -0.4 is 5.32 Å². The summed E-state index contributed by atoms with van der Waals surface area (Å²) in [6, 6.07) is 2.61. The lowest BCUT2D eigenvalue weighted by molar-refractivity contribution is -0.0265. The first-order chi connectivity index (χ1) is 9.76. The summed E-state index contributed by atoms with van der Waals surface area (Å²) in [6.07, 6.45) is 3.98. The fraction of sp³-hybridized carbons (Fsp3) is 0.733. The summed E-state index contributed by atoms with van der Waals surface area (Å²) in [6.45, 7) is 7.26. The van der Waals surface area contributed by atoms with E-state index in [1.807, 2.05) is 0 Å². The van der Waals surface area contributed by atoms with Gasteiger partial charge in [0.1, 0.15) is 0 Å². The highest BCUT2D eigenvalue weighted by Crippen LogP contribution is 2.37. The van der Waals surface area contributed by atoms with Gasteiger partial charge in [-0.1, -0.05) is 18.5 Å². The van der Waals surface area contributed by atoms with Crippen LogP contribution >= 0.6 is 22.9 Å². The minimum atomic E-state index is 0.322. The van der Waals surface area contributed by atoms with E-state index in [0.29, 0.717) is 12.1 Å². The molecule has 1 aromatic rings. The molecule has 1 aliphatic carbocycles. The molecule has 5 heteroatoms. The molecule has 1 fully saturated rings. The van der Waals surface area contributed by atoms with Crippen LogP contribution in [0.15, 0.2) is 6.07 Å². The molecule has 1 N–H and O–H groups in total. The third-order valence-corrected chi connectivity index (χ3v) is 5.69. The highest BCUT2D eigenvalue weighted by Gasteiger charge is 2.25. The number of ether oxygens (including phenoxy) is 1. The molecule has 2 unspecified atom stereocenters. The second kappa shape index (κ2) is 6.75. The van der Waals surface area contributed by atoms with Crippen LogP contribution in [-0.4, -0.2) is 43.8 Å². The summed E-state index contributed by atoms with van der Waals surface area (Å²) in [5.41, 5.74) is 1.43. The van der Waals surface area contributed by atoms with Crippen LogP contribution in [0.5, 0.6) is 0 Å². The standard InChI is InChI=1S/C15H23ClN2OS/c1-2-18-6-7-19-11(10-18)9-17-13-4-3-5-14-12(13)8-15(16)20-14/h8,11,13,17H,2-7,9-10H2,1H3.